The van der Waals surface area contributed by atoms with Gasteiger partial charge in [0.25, 0.3) is 0 Å². The molecule has 66 valence electrons. The summed E-state index contributed by atoms with van der Waals surface area (Å²) in [6.45, 7) is 7.13. The first kappa shape index (κ1) is 9.49. The summed E-state index contributed by atoms with van der Waals surface area (Å²) in [7, 11) is 0. The van der Waals surface area contributed by atoms with Crippen LogP contribution in [0.4, 0.5) is 0 Å². The predicted molar refractivity (Wildman–Crippen MR) is 43.8 cm³/mol. The molecular weight excluding hydrogens is 227 g/mol. The van der Waals surface area contributed by atoms with Crippen LogP contribution in [-0.2, 0) is 20.4 Å². The van der Waals surface area contributed by atoms with E-state index in [1.807, 2.05) is 0 Å². The Labute approximate surface area is 83.1 Å². The smallest absolute Gasteiger partial charge is 0 e. The molecule has 3 rings (SSSR count). The van der Waals surface area contributed by atoms with Gasteiger partial charge in [0.2, 0.25) is 0 Å². The molecule has 2 atom stereocenters. The fourth-order valence-electron chi connectivity index (χ4n) is 2.66. The molecule has 0 nitrogen and oxygen atoms in total. The second kappa shape index (κ2) is 2.72. The third-order valence-corrected chi connectivity index (χ3v) is 3.74. The summed E-state index contributed by atoms with van der Waals surface area (Å²) in [6.07, 6.45) is 5.24. The third kappa shape index (κ3) is 1.14. The van der Waals surface area contributed by atoms with Gasteiger partial charge in [0.05, 0.1) is 0 Å². The Hall–Kier alpha value is 0.402. The van der Waals surface area contributed by atoms with Gasteiger partial charge in [-0.25, -0.2) is 0 Å². The number of hydrogen-bond acceptors (Lipinski definition) is 0. The van der Waals surface area contributed by atoms with E-state index in [0.717, 1.165) is 11.8 Å². The summed E-state index contributed by atoms with van der Waals surface area (Å²) in [6, 6.07) is 0. The molecule has 0 aromatic rings. The maximum Gasteiger partial charge on any atom is 0 e. The van der Waals surface area contributed by atoms with E-state index < -0.39 is 0 Å². The van der Waals surface area contributed by atoms with Crippen LogP contribution in [0.25, 0.3) is 0 Å². The van der Waals surface area contributed by atoms with Crippen LogP contribution in [0.1, 0.15) is 33.6 Å². The van der Waals surface area contributed by atoms with Crippen LogP contribution in [0, 0.1) is 17.3 Å². The van der Waals surface area contributed by atoms with E-state index in [9.17, 15) is 0 Å². The quantitative estimate of drug-likeness (QED) is 0.453. The van der Waals surface area contributed by atoms with Gasteiger partial charge in [-0.15, -0.1) is 0 Å². The van der Waals surface area contributed by atoms with Gasteiger partial charge in [-0.2, -0.15) is 0 Å². The summed E-state index contributed by atoms with van der Waals surface area (Å²) in [4.78, 5) is 0. The Kier molecular flexibility index (Phi) is 2.34. The summed E-state index contributed by atoms with van der Waals surface area (Å²) < 4.78 is 0. The van der Waals surface area contributed by atoms with Crippen LogP contribution in [0.3, 0.4) is 0 Å². The van der Waals surface area contributed by atoms with Crippen LogP contribution >= 0.6 is 0 Å². The maximum atomic E-state index is 2.43. The van der Waals surface area contributed by atoms with Crippen molar-refractivity contribution >= 4 is 0 Å². The molecule has 1 saturated carbocycles. The van der Waals surface area contributed by atoms with Crippen LogP contribution in [-0.4, -0.2) is 0 Å². The van der Waals surface area contributed by atoms with E-state index >= 15 is 0 Å². The Bertz CT molecular complexity index is 191. The largest absolute Gasteiger partial charge is 0.0850 e. The van der Waals surface area contributed by atoms with Crippen molar-refractivity contribution in [3.63, 3.8) is 0 Å². The zero-order valence-electron chi connectivity index (χ0n) is 7.46. The fraction of sp³-hybridized carbons (Fsp3) is 0.800. The van der Waals surface area contributed by atoms with Crippen molar-refractivity contribution in [1.29, 1.82) is 0 Å². The molecule has 0 N–H and O–H groups in total. The van der Waals surface area contributed by atoms with E-state index in [-0.39, 0.29) is 20.4 Å². The molecule has 2 unspecified atom stereocenters. The SMILES string of the molecule is CC1=CCC2CC1C2(C)C.[Pd]. The van der Waals surface area contributed by atoms with Crippen molar-refractivity contribution in [3.8, 4) is 0 Å². The molecule has 1 fully saturated rings. The van der Waals surface area contributed by atoms with E-state index in [1.165, 1.54) is 12.8 Å². The molecule has 1 heteroatoms. The monoisotopic (exact) mass is 242 g/mol. The molecule has 11 heavy (non-hydrogen) atoms. The molecule has 0 radical (unpaired) electrons. The first-order valence-electron chi connectivity index (χ1n) is 4.29. The molecule has 0 aromatic heterocycles. The maximum absolute atomic E-state index is 2.43. The first-order chi connectivity index (χ1) is 4.62. The molecule has 3 aliphatic carbocycles. The normalized spacial score (nSPS) is 38.3. The van der Waals surface area contributed by atoms with Crippen molar-refractivity contribution < 1.29 is 20.4 Å². The molecule has 0 spiro atoms. The standard InChI is InChI=1S/C10H16.Pd/c1-7-4-5-8-6-9(7)10(8,2)3;/h4,8-9H,5-6H2,1-3H3;. The molecule has 0 saturated heterocycles. The molecule has 0 aromatic carbocycles. The van der Waals surface area contributed by atoms with Crippen LogP contribution < -0.4 is 0 Å². The number of rotatable bonds is 0. The molecule has 0 heterocycles. The molecule has 3 aliphatic rings. The second-order valence-corrected chi connectivity index (χ2v) is 4.49. The van der Waals surface area contributed by atoms with E-state index in [0.29, 0.717) is 5.41 Å². The Morgan fingerprint density at radius 2 is 2.09 bits per heavy atom. The topological polar surface area (TPSA) is 0 Å². The average Bonchev–Trinajstić information content (AvgIpc) is 1.87. The molecule has 0 amide bonds. The zero-order chi connectivity index (χ0) is 7.35. The van der Waals surface area contributed by atoms with Gasteiger partial charge in [0.1, 0.15) is 0 Å². The number of allylic oxidation sites excluding steroid dienone is 2. The summed E-state index contributed by atoms with van der Waals surface area (Å²) >= 11 is 0. The number of hydrogen-bond donors (Lipinski definition) is 0. The average molecular weight is 243 g/mol. The van der Waals surface area contributed by atoms with Gasteiger partial charge in [-0.1, -0.05) is 25.5 Å². The molecular formula is C10H16Pd. The van der Waals surface area contributed by atoms with Crippen molar-refractivity contribution in [2.75, 3.05) is 0 Å². The van der Waals surface area contributed by atoms with Gasteiger partial charge >= 0.3 is 0 Å². The van der Waals surface area contributed by atoms with E-state index in [1.54, 1.807) is 5.57 Å². The van der Waals surface area contributed by atoms with Crippen LogP contribution in [0.5, 0.6) is 0 Å². The molecule has 0 aliphatic heterocycles. The summed E-state index contributed by atoms with van der Waals surface area (Å²) in [5, 5.41) is 0. The fourth-order valence-corrected chi connectivity index (χ4v) is 2.66. The van der Waals surface area contributed by atoms with Crippen LogP contribution in [0.2, 0.25) is 0 Å². The van der Waals surface area contributed by atoms with Crippen LogP contribution in [0.15, 0.2) is 11.6 Å². The van der Waals surface area contributed by atoms with Gasteiger partial charge in [0.15, 0.2) is 0 Å². The first-order valence-corrected chi connectivity index (χ1v) is 4.29. The number of fused-ring (bicyclic) bond motifs is 1. The predicted octanol–water partition coefficient (Wildman–Crippen LogP) is 3.00. The van der Waals surface area contributed by atoms with E-state index in [2.05, 4.69) is 26.8 Å². The minimum absolute atomic E-state index is 0. The van der Waals surface area contributed by atoms with E-state index in [4.69, 9.17) is 0 Å². The summed E-state index contributed by atoms with van der Waals surface area (Å²) in [5.74, 6) is 1.92. The van der Waals surface area contributed by atoms with Gasteiger partial charge in [-0.05, 0) is 37.0 Å². The van der Waals surface area contributed by atoms with Crippen molar-refractivity contribution in [2.24, 2.45) is 17.3 Å². The minimum atomic E-state index is 0. The van der Waals surface area contributed by atoms with Gasteiger partial charge < -0.3 is 0 Å². The van der Waals surface area contributed by atoms with Gasteiger partial charge in [-0.3, -0.25) is 0 Å². The second-order valence-electron chi connectivity index (χ2n) is 4.49. The Balaban J connectivity index is 0.000000605. The van der Waals surface area contributed by atoms with Crippen molar-refractivity contribution in [2.45, 2.75) is 33.6 Å². The van der Waals surface area contributed by atoms with Gasteiger partial charge in [0, 0.05) is 20.4 Å². The minimum Gasteiger partial charge on any atom is -0.0850 e. The van der Waals surface area contributed by atoms with Crippen molar-refractivity contribution in [3.05, 3.63) is 11.6 Å². The van der Waals surface area contributed by atoms with Crippen molar-refractivity contribution in [1.82, 2.24) is 0 Å². The Morgan fingerprint density at radius 1 is 1.45 bits per heavy atom. The summed E-state index contributed by atoms with van der Waals surface area (Å²) in [5.41, 5.74) is 2.28. The zero-order valence-corrected chi connectivity index (χ0v) is 9.02. The third-order valence-electron chi connectivity index (χ3n) is 3.74. The molecule has 2 bridgehead atoms. The Morgan fingerprint density at radius 3 is 2.36 bits per heavy atom.